The van der Waals surface area contributed by atoms with Gasteiger partial charge in [-0.1, -0.05) is 48.5 Å². The lowest BCUT2D eigenvalue weighted by Crippen LogP contribution is -2.47. The summed E-state index contributed by atoms with van der Waals surface area (Å²) in [6, 6.07) is 19.6. The zero-order valence-electron chi connectivity index (χ0n) is 13.1. The van der Waals surface area contributed by atoms with Crippen molar-refractivity contribution in [3.05, 3.63) is 66.2 Å². The predicted octanol–water partition coefficient (Wildman–Crippen LogP) is 2.54. The second-order valence-corrected chi connectivity index (χ2v) is 5.62. The Morgan fingerprint density at radius 3 is 2.52 bits per heavy atom. The number of amides is 1. The highest BCUT2D eigenvalue weighted by molar-refractivity contribution is 5.77. The minimum Gasteiger partial charge on any atom is -0.484 e. The molecule has 1 unspecified atom stereocenters. The van der Waals surface area contributed by atoms with Crippen molar-refractivity contribution in [1.82, 2.24) is 4.90 Å². The van der Waals surface area contributed by atoms with Gasteiger partial charge in [0, 0.05) is 19.5 Å². The van der Waals surface area contributed by atoms with E-state index in [2.05, 4.69) is 12.1 Å². The fraction of sp³-hybridized carbons (Fsp3) is 0.316. The molecule has 1 heterocycles. The molecular weight excluding hydrogens is 290 g/mol. The van der Waals surface area contributed by atoms with Crippen molar-refractivity contribution in [2.24, 2.45) is 0 Å². The summed E-state index contributed by atoms with van der Waals surface area (Å²) in [6.45, 7) is 1.89. The third kappa shape index (κ3) is 4.57. The van der Waals surface area contributed by atoms with Gasteiger partial charge in [0.2, 0.25) is 0 Å². The minimum absolute atomic E-state index is 0.00946. The van der Waals surface area contributed by atoms with Crippen LogP contribution in [0.5, 0.6) is 5.75 Å². The van der Waals surface area contributed by atoms with Crippen molar-refractivity contribution in [3.63, 3.8) is 0 Å². The maximum Gasteiger partial charge on any atom is 0.260 e. The Hall–Kier alpha value is -2.33. The number of ether oxygens (including phenoxy) is 2. The Morgan fingerprint density at radius 2 is 1.78 bits per heavy atom. The van der Waals surface area contributed by atoms with Crippen LogP contribution in [0, 0.1) is 0 Å². The molecule has 3 rings (SSSR count). The number of para-hydroxylation sites is 1. The largest absolute Gasteiger partial charge is 0.484 e. The second-order valence-electron chi connectivity index (χ2n) is 5.62. The number of benzene rings is 2. The predicted molar refractivity (Wildman–Crippen MR) is 88.4 cm³/mol. The van der Waals surface area contributed by atoms with E-state index in [1.54, 1.807) is 0 Å². The first-order valence-electron chi connectivity index (χ1n) is 7.92. The van der Waals surface area contributed by atoms with Crippen LogP contribution in [0.1, 0.15) is 5.56 Å². The number of nitrogens with zero attached hydrogens (tertiary/aromatic N) is 1. The monoisotopic (exact) mass is 311 g/mol. The van der Waals surface area contributed by atoms with Crippen molar-refractivity contribution < 1.29 is 14.3 Å². The van der Waals surface area contributed by atoms with E-state index in [0.29, 0.717) is 19.7 Å². The van der Waals surface area contributed by atoms with Gasteiger partial charge in [0.15, 0.2) is 6.61 Å². The van der Waals surface area contributed by atoms with Gasteiger partial charge in [-0.3, -0.25) is 4.79 Å². The molecule has 0 N–H and O–H groups in total. The van der Waals surface area contributed by atoms with E-state index >= 15 is 0 Å². The number of hydrogen-bond donors (Lipinski definition) is 0. The molecule has 0 spiro atoms. The lowest BCUT2D eigenvalue weighted by atomic mass is 10.1. The number of carbonyl (C=O) groups excluding carboxylic acids is 1. The van der Waals surface area contributed by atoms with Gasteiger partial charge in [-0.2, -0.15) is 0 Å². The third-order valence-electron chi connectivity index (χ3n) is 3.90. The Balaban J connectivity index is 1.50. The molecule has 1 amide bonds. The number of hydrogen-bond acceptors (Lipinski definition) is 3. The van der Waals surface area contributed by atoms with E-state index in [1.807, 2.05) is 53.4 Å². The number of carbonyl (C=O) groups is 1. The van der Waals surface area contributed by atoms with Gasteiger partial charge in [0.25, 0.3) is 5.91 Å². The summed E-state index contributed by atoms with van der Waals surface area (Å²) in [5, 5.41) is 0. The molecule has 1 saturated heterocycles. The fourth-order valence-corrected chi connectivity index (χ4v) is 2.70. The van der Waals surface area contributed by atoms with Gasteiger partial charge in [-0.15, -0.1) is 0 Å². The van der Waals surface area contributed by atoms with E-state index in [-0.39, 0.29) is 18.6 Å². The molecule has 4 nitrogen and oxygen atoms in total. The average molecular weight is 311 g/mol. The molecule has 0 saturated carbocycles. The van der Waals surface area contributed by atoms with Gasteiger partial charge in [0.05, 0.1) is 12.7 Å². The van der Waals surface area contributed by atoms with Gasteiger partial charge >= 0.3 is 0 Å². The quantitative estimate of drug-likeness (QED) is 0.852. The standard InChI is InChI=1S/C19H21NO3/c21-19(15-23-17-9-5-2-6-10-17)20-11-12-22-18(14-20)13-16-7-3-1-4-8-16/h1-10,18H,11-15H2. The molecule has 1 atom stereocenters. The van der Waals surface area contributed by atoms with E-state index in [4.69, 9.17) is 9.47 Å². The van der Waals surface area contributed by atoms with Crippen molar-refractivity contribution >= 4 is 5.91 Å². The summed E-state index contributed by atoms with van der Waals surface area (Å²) in [5.41, 5.74) is 1.23. The SMILES string of the molecule is O=C(COc1ccccc1)N1CCOC(Cc2ccccc2)C1. The first-order chi connectivity index (χ1) is 11.3. The third-order valence-corrected chi connectivity index (χ3v) is 3.90. The van der Waals surface area contributed by atoms with Crippen LogP contribution in [0.25, 0.3) is 0 Å². The van der Waals surface area contributed by atoms with Gasteiger partial charge in [0.1, 0.15) is 5.75 Å². The van der Waals surface area contributed by atoms with Crippen LogP contribution in [0.3, 0.4) is 0 Å². The van der Waals surface area contributed by atoms with Crippen LogP contribution in [-0.2, 0) is 16.0 Å². The Labute approximate surface area is 136 Å². The van der Waals surface area contributed by atoms with Crippen LogP contribution < -0.4 is 4.74 Å². The molecule has 23 heavy (non-hydrogen) atoms. The molecule has 4 heteroatoms. The Kier molecular flexibility index (Phi) is 5.27. The smallest absolute Gasteiger partial charge is 0.260 e. The van der Waals surface area contributed by atoms with Crippen molar-refractivity contribution in [1.29, 1.82) is 0 Å². The number of morpholine rings is 1. The van der Waals surface area contributed by atoms with Crippen LogP contribution in [0.2, 0.25) is 0 Å². The molecule has 1 fully saturated rings. The van der Waals surface area contributed by atoms with Crippen LogP contribution >= 0.6 is 0 Å². The van der Waals surface area contributed by atoms with Crippen molar-refractivity contribution in [3.8, 4) is 5.75 Å². The Bertz CT molecular complexity index is 615. The summed E-state index contributed by atoms with van der Waals surface area (Å²) >= 11 is 0. The second kappa shape index (κ2) is 7.79. The summed E-state index contributed by atoms with van der Waals surface area (Å²) in [5.74, 6) is 0.727. The molecule has 2 aromatic rings. The highest BCUT2D eigenvalue weighted by Gasteiger charge is 2.24. The average Bonchev–Trinajstić information content (AvgIpc) is 2.62. The normalized spacial score (nSPS) is 17.7. The van der Waals surface area contributed by atoms with E-state index in [9.17, 15) is 4.79 Å². The topological polar surface area (TPSA) is 38.8 Å². The molecule has 0 aromatic heterocycles. The lowest BCUT2D eigenvalue weighted by molar-refractivity contribution is -0.140. The summed E-state index contributed by atoms with van der Waals surface area (Å²) < 4.78 is 11.3. The molecule has 0 aliphatic carbocycles. The zero-order chi connectivity index (χ0) is 15.9. The van der Waals surface area contributed by atoms with Gasteiger partial charge in [-0.25, -0.2) is 0 Å². The summed E-state index contributed by atoms with van der Waals surface area (Å²) in [4.78, 5) is 14.1. The molecule has 0 radical (unpaired) electrons. The van der Waals surface area contributed by atoms with E-state index in [1.165, 1.54) is 5.56 Å². The zero-order valence-corrected chi connectivity index (χ0v) is 13.1. The van der Waals surface area contributed by atoms with Crippen molar-refractivity contribution in [2.45, 2.75) is 12.5 Å². The van der Waals surface area contributed by atoms with Gasteiger partial charge < -0.3 is 14.4 Å². The molecule has 1 aliphatic rings. The van der Waals surface area contributed by atoms with Crippen LogP contribution in [0.15, 0.2) is 60.7 Å². The van der Waals surface area contributed by atoms with Crippen LogP contribution in [-0.4, -0.2) is 43.2 Å². The van der Waals surface area contributed by atoms with E-state index < -0.39 is 0 Å². The lowest BCUT2D eigenvalue weighted by Gasteiger charge is -2.33. The maximum atomic E-state index is 12.3. The summed E-state index contributed by atoms with van der Waals surface area (Å²) in [7, 11) is 0. The summed E-state index contributed by atoms with van der Waals surface area (Å²) in [6.07, 6.45) is 0.872. The van der Waals surface area contributed by atoms with Crippen molar-refractivity contribution in [2.75, 3.05) is 26.3 Å². The van der Waals surface area contributed by atoms with Crippen LogP contribution in [0.4, 0.5) is 0 Å². The van der Waals surface area contributed by atoms with E-state index in [0.717, 1.165) is 12.2 Å². The molecule has 0 bridgehead atoms. The molecular formula is C19H21NO3. The fourth-order valence-electron chi connectivity index (χ4n) is 2.70. The minimum atomic E-state index is 0.00946. The highest BCUT2D eigenvalue weighted by atomic mass is 16.5. The number of rotatable bonds is 5. The first kappa shape index (κ1) is 15.6. The molecule has 2 aromatic carbocycles. The first-order valence-corrected chi connectivity index (χ1v) is 7.92. The Morgan fingerprint density at radius 1 is 1.09 bits per heavy atom. The molecule has 1 aliphatic heterocycles. The molecule has 120 valence electrons. The van der Waals surface area contributed by atoms with Gasteiger partial charge in [-0.05, 0) is 17.7 Å². The maximum absolute atomic E-state index is 12.3. The highest BCUT2D eigenvalue weighted by Crippen LogP contribution is 2.13.